The number of rotatable bonds is 2. The van der Waals surface area contributed by atoms with Crippen molar-refractivity contribution in [3.63, 3.8) is 0 Å². The van der Waals surface area contributed by atoms with E-state index < -0.39 is 10.9 Å². The number of hydrogen-bond acceptors (Lipinski definition) is 4. The highest BCUT2D eigenvalue weighted by molar-refractivity contribution is 5.93. The van der Waals surface area contributed by atoms with Gasteiger partial charge in [-0.05, 0) is 4.92 Å². The lowest BCUT2D eigenvalue weighted by Crippen LogP contribution is -2.11. The Morgan fingerprint density at radius 2 is 2.06 bits per heavy atom. The van der Waals surface area contributed by atoms with Crippen molar-refractivity contribution in [3.05, 3.63) is 27.4 Å². The minimum Gasteiger partial charge on any atom is -0.465 e. The smallest absolute Gasteiger partial charge is 0.346 e. The number of hydrogen-bond donors (Lipinski definition) is 1. The Labute approximate surface area is 92.8 Å². The molecule has 16 heavy (non-hydrogen) atoms. The maximum Gasteiger partial charge on any atom is 0.346 e. The molecule has 0 amide bonds. The Hall–Kier alpha value is -1.85. The topological polar surface area (TPSA) is 85.2 Å². The second-order valence-electron chi connectivity index (χ2n) is 4.44. The molecule has 1 heterocycles. The lowest BCUT2D eigenvalue weighted by atomic mass is 9.92. The Bertz CT molecular complexity index is 429. The summed E-state index contributed by atoms with van der Waals surface area (Å²) < 4.78 is 4.49. The zero-order chi connectivity index (χ0) is 12.5. The van der Waals surface area contributed by atoms with Gasteiger partial charge in [-0.15, -0.1) is 0 Å². The zero-order valence-electron chi connectivity index (χ0n) is 9.66. The lowest BCUT2D eigenvalue weighted by molar-refractivity contribution is -0.389. The van der Waals surface area contributed by atoms with Gasteiger partial charge in [-0.25, -0.2) is 9.78 Å². The highest BCUT2D eigenvalue weighted by Gasteiger charge is 2.29. The highest BCUT2D eigenvalue weighted by atomic mass is 16.6. The predicted octanol–water partition coefficient (Wildman–Crippen LogP) is 2.01. The van der Waals surface area contributed by atoms with E-state index in [4.69, 9.17) is 0 Å². The van der Waals surface area contributed by atoms with Crippen LogP contribution < -0.4 is 0 Å². The number of aromatic nitrogens is 1. The second kappa shape index (κ2) is 3.96. The molecular weight excluding hydrogens is 212 g/mol. The first-order chi connectivity index (χ1) is 7.27. The van der Waals surface area contributed by atoms with Crippen LogP contribution in [0.5, 0.6) is 0 Å². The number of esters is 1. The van der Waals surface area contributed by atoms with Crippen LogP contribution >= 0.6 is 0 Å². The summed E-state index contributed by atoms with van der Waals surface area (Å²) in [5, 5.41) is 10.7. The molecule has 88 valence electrons. The molecule has 6 heteroatoms. The van der Waals surface area contributed by atoms with E-state index in [2.05, 4.69) is 9.72 Å². The van der Waals surface area contributed by atoms with Crippen molar-refractivity contribution in [2.24, 2.45) is 0 Å². The summed E-state index contributed by atoms with van der Waals surface area (Å²) in [6.07, 6.45) is 0. The summed E-state index contributed by atoms with van der Waals surface area (Å²) in [5.74, 6) is -1.03. The molecule has 1 rings (SSSR count). The number of H-pyrrole nitrogens is 1. The average molecular weight is 226 g/mol. The van der Waals surface area contributed by atoms with E-state index >= 15 is 0 Å². The maximum absolute atomic E-state index is 11.3. The monoisotopic (exact) mass is 226 g/mol. The first-order valence-electron chi connectivity index (χ1n) is 4.73. The summed E-state index contributed by atoms with van der Waals surface area (Å²) in [6, 6.07) is 1.46. The number of nitro groups is 1. The molecule has 1 N–H and O–H groups in total. The third-order valence-electron chi connectivity index (χ3n) is 2.19. The van der Waals surface area contributed by atoms with Gasteiger partial charge in [0.2, 0.25) is 0 Å². The van der Waals surface area contributed by atoms with Crippen LogP contribution in [0, 0.1) is 10.1 Å². The molecule has 0 radical (unpaired) electrons. The highest BCUT2D eigenvalue weighted by Crippen LogP contribution is 2.28. The number of carbonyl (C=O) groups is 1. The molecule has 0 saturated carbocycles. The van der Waals surface area contributed by atoms with Crippen LogP contribution in [0.2, 0.25) is 0 Å². The van der Waals surface area contributed by atoms with Crippen LogP contribution in [-0.2, 0) is 10.2 Å². The standard InChI is InChI=1S/C10H14N2O4/c1-10(2,3)7-5-6(9(13)16-4)8(11-7)12(14)15/h5,11H,1-4H3. The second-order valence-corrected chi connectivity index (χ2v) is 4.44. The van der Waals surface area contributed by atoms with Crippen LogP contribution in [0.25, 0.3) is 0 Å². The van der Waals surface area contributed by atoms with Gasteiger partial charge in [0.1, 0.15) is 5.69 Å². The van der Waals surface area contributed by atoms with Crippen molar-refractivity contribution >= 4 is 11.8 Å². The van der Waals surface area contributed by atoms with E-state index in [9.17, 15) is 14.9 Å². The Morgan fingerprint density at radius 1 is 1.50 bits per heavy atom. The molecule has 1 aromatic rings. The van der Waals surface area contributed by atoms with Crippen LogP contribution in [0.1, 0.15) is 36.8 Å². The van der Waals surface area contributed by atoms with Crippen molar-refractivity contribution in [1.82, 2.24) is 4.98 Å². The molecule has 0 aliphatic heterocycles. The zero-order valence-corrected chi connectivity index (χ0v) is 9.66. The maximum atomic E-state index is 11.3. The fourth-order valence-electron chi connectivity index (χ4n) is 1.26. The summed E-state index contributed by atoms with van der Waals surface area (Å²) in [5.41, 5.74) is 0.286. The fraction of sp³-hybridized carbons (Fsp3) is 0.500. The molecule has 0 atom stereocenters. The number of nitrogens with zero attached hydrogens (tertiary/aromatic N) is 1. The average Bonchev–Trinajstić information content (AvgIpc) is 2.60. The number of carbonyl (C=O) groups excluding carboxylic acids is 1. The van der Waals surface area contributed by atoms with E-state index in [1.54, 1.807) is 0 Å². The number of methoxy groups -OCH3 is 1. The molecule has 1 aromatic heterocycles. The van der Waals surface area contributed by atoms with Crippen molar-refractivity contribution < 1.29 is 14.5 Å². The van der Waals surface area contributed by atoms with Crippen molar-refractivity contribution in [2.45, 2.75) is 26.2 Å². The molecule has 6 nitrogen and oxygen atoms in total. The van der Waals surface area contributed by atoms with Crippen LogP contribution in [0.3, 0.4) is 0 Å². The van der Waals surface area contributed by atoms with Gasteiger partial charge in [0.25, 0.3) is 0 Å². The molecule has 0 fully saturated rings. The third kappa shape index (κ3) is 2.21. The van der Waals surface area contributed by atoms with Crippen LogP contribution in [-0.4, -0.2) is 23.0 Å². The van der Waals surface area contributed by atoms with Gasteiger partial charge in [0, 0.05) is 11.5 Å². The minimum atomic E-state index is -0.710. The van der Waals surface area contributed by atoms with Crippen LogP contribution in [0.15, 0.2) is 6.07 Å². The first kappa shape index (κ1) is 12.2. The fourth-order valence-corrected chi connectivity index (χ4v) is 1.26. The summed E-state index contributed by atoms with van der Waals surface area (Å²) >= 11 is 0. The molecule has 0 aromatic carbocycles. The molecule has 0 bridgehead atoms. The van der Waals surface area contributed by atoms with Gasteiger partial charge in [0.05, 0.1) is 7.11 Å². The van der Waals surface area contributed by atoms with E-state index in [0.717, 1.165) is 0 Å². The summed E-state index contributed by atoms with van der Waals surface area (Å²) in [7, 11) is 1.19. The molecule has 0 spiro atoms. The molecular formula is C10H14N2O4. The number of ether oxygens (including phenoxy) is 1. The number of aromatic amines is 1. The van der Waals surface area contributed by atoms with Crippen LogP contribution in [0.4, 0.5) is 5.82 Å². The van der Waals surface area contributed by atoms with E-state index in [1.165, 1.54) is 13.2 Å². The lowest BCUT2D eigenvalue weighted by Gasteiger charge is -2.12. The van der Waals surface area contributed by atoms with E-state index in [0.29, 0.717) is 5.69 Å². The number of nitrogens with one attached hydrogen (secondary N) is 1. The van der Waals surface area contributed by atoms with Gasteiger partial charge in [0.15, 0.2) is 5.56 Å². The Balaban J connectivity index is 3.32. The largest absolute Gasteiger partial charge is 0.465 e. The van der Waals surface area contributed by atoms with Gasteiger partial charge in [-0.1, -0.05) is 20.8 Å². The van der Waals surface area contributed by atoms with Gasteiger partial charge in [-0.3, -0.25) is 0 Å². The predicted molar refractivity (Wildman–Crippen MR) is 57.5 cm³/mol. The van der Waals surface area contributed by atoms with Gasteiger partial charge < -0.3 is 14.9 Å². The van der Waals surface area contributed by atoms with E-state index in [-0.39, 0.29) is 16.8 Å². The van der Waals surface area contributed by atoms with Crippen molar-refractivity contribution in [3.8, 4) is 0 Å². The van der Waals surface area contributed by atoms with E-state index in [1.807, 2.05) is 20.8 Å². The molecule has 0 unspecified atom stereocenters. The Morgan fingerprint density at radius 3 is 2.44 bits per heavy atom. The minimum absolute atomic E-state index is 0.0441. The summed E-state index contributed by atoms with van der Waals surface area (Å²) in [4.78, 5) is 24.1. The van der Waals surface area contributed by atoms with Crippen molar-refractivity contribution in [2.75, 3.05) is 7.11 Å². The normalized spacial score (nSPS) is 11.2. The summed E-state index contributed by atoms with van der Waals surface area (Å²) in [6.45, 7) is 5.68. The SMILES string of the molecule is COC(=O)c1cc(C(C)(C)C)[nH]c1[N+](=O)[O-]. The molecule has 0 aliphatic carbocycles. The quantitative estimate of drug-likeness (QED) is 0.474. The molecule has 0 saturated heterocycles. The van der Waals surface area contributed by atoms with Gasteiger partial charge >= 0.3 is 11.8 Å². The molecule has 0 aliphatic rings. The first-order valence-corrected chi connectivity index (χ1v) is 4.73. The van der Waals surface area contributed by atoms with Crippen molar-refractivity contribution in [1.29, 1.82) is 0 Å². The third-order valence-corrected chi connectivity index (χ3v) is 2.19. The Kier molecular flexibility index (Phi) is 3.02. The van der Waals surface area contributed by atoms with Gasteiger partial charge in [-0.2, -0.15) is 0 Å².